The zero-order valence-electron chi connectivity index (χ0n) is 16.4. The molecule has 2 N–H and O–H groups in total. The van der Waals surface area contributed by atoms with Crippen LogP contribution in [-0.4, -0.2) is 67.5 Å². The van der Waals surface area contributed by atoms with Crippen LogP contribution < -0.4 is 10.6 Å². The van der Waals surface area contributed by atoms with Crippen molar-refractivity contribution in [3.63, 3.8) is 0 Å². The van der Waals surface area contributed by atoms with Gasteiger partial charge in [0.25, 0.3) is 0 Å². The van der Waals surface area contributed by atoms with Crippen LogP contribution in [0.4, 0.5) is 4.79 Å². The molecule has 2 aliphatic rings. The van der Waals surface area contributed by atoms with Gasteiger partial charge >= 0.3 is 6.09 Å². The van der Waals surface area contributed by atoms with Crippen molar-refractivity contribution in [1.82, 2.24) is 15.5 Å². The van der Waals surface area contributed by atoms with E-state index in [1.54, 1.807) is 7.05 Å². The summed E-state index contributed by atoms with van der Waals surface area (Å²) in [5, 5.41) is 6.59. The molecule has 0 aromatic heterocycles. The number of rotatable bonds is 6. The zero-order chi connectivity index (χ0) is 18.5. The van der Waals surface area contributed by atoms with Crippen molar-refractivity contribution in [3.05, 3.63) is 0 Å². The van der Waals surface area contributed by atoms with Crippen molar-refractivity contribution in [3.8, 4) is 0 Å². The summed E-state index contributed by atoms with van der Waals surface area (Å²) in [5.74, 6) is 0.733. The number of hydrogen-bond acceptors (Lipinski definition) is 4. The summed E-state index contributed by atoms with van der Waals surface area (Å²) in [5.41, 5.74) is -0.583. The molecule has 1 saturated heterocycles. The Balaban J connectivity index is 1.75. The van der Waals surface area contributed by atoms with Crippen molar-refractivity contribution in [2.45, 2.75) is 70.6 Å². The van der Waals surface area contributed by atoms with Gasteiger partial charge in [0.05, 0.1) is 5.60 Å². The number of nitrogens with zero attached hydrogens (tertiary/aromatic N) is 2. The molecule has 25 heavy (non-hydrogen) atoms. The summed E-state index contributed by atoms with van der Waals surface area (Å²) in [7, 11) is 1.75. The van der Waals surface area contributed by atoms with Gasteiger partial charge in [-0.15, -0.1) is 0 Å². The number of carbonyl (C=O) groups is 1. The topological polar surface area (TPSA) is 75.2 Å². The first kappa shape index (κ1) is 19.8. The molecule has 0 bridgehead atoms. The fraction of sp³-hybridized carbons (Fsp3) is 0.889. The second-order valence-corrected chi connectivity index (χ2v) is 8.16. The highest BCUT2D eigenvalue weighted by atomic mass is 16.6. The molecule has 1 aliphatic carbocycles. The first-order valence-electron chi connectivity index (χ1n) is 9.30. The summed E-state index contributed by atoms with van der Waals surface area (Å²) < 4.78 is 11.3. The number of nitrogens with one attached hydrogen (secondary N) is 2. The Kier molecular flexibility index (Phi) is 6.54. The first-order chi connectivity index (χ1) is 11.7. The fourth-order valence-corrected chi connectivity index (χ4v) is 2.89. The third-order valence-electron chi connectivity index (χ3n) is 4.41. The highest BCUT2D eigenvalue weighted by Gasteiger charge is 2.35. The second kappa shape index (κ2) is 8.25. The van der Waals surface area contributed by atoms with Crippen molar-refractivity contribution in [1.29, 1.82) is 0 Å². The largest absolute Gasteiger partial charge is 0.444 e. The van der Waals surface area contributed by atoms with Gasteiger partial charge in [0.2, 0.25) is 0 Å². The molecule has 1 heterocycles. The van der Waals surface area contributed by atoms with E-state index >= 15 is 0 Å². The minimum absolute atomic E-state index is 0.117. The molecule has 1 amide bonds. The van der Waals surface area contributed by atoms with E-state index in [2.05, 4.69) is 22.5 Å². The van der Waals surface area contributed by atoms with Gasteiger partial charge in [-0.25, -0.2) is 4.79 Å². The normalized spacial score (nSPS) is 24.1. The van der Waals surface area contributed by atoms with Gasteiger partial charge in [-0.2, -0.15) is 0 Å². The van der Waals surface area contributed by atoms with Crippen LogP contribution in [0.3, 0.4) is 0 Å². The molecule has 1 aliphatic heterocycles. The fourth-order valence-electron chi connectivity index (χ4n) is 2.89. The molecule has 0 radical (unpaired) electrons. The van der Waals surface area contributed by atoms with Crippen molar-refractivity contribution >= 4 is 12.1 Å². The van der Waals surface area contributed by atoms with Crippen molar-refractivity contribution < 1.29 is 14.3 Å². The zero-order valence-corrected chi connectivity index (χ0v) is 16.4. The van der Waals surface area contributed by atoms with E-state index < -0.39 is 5.60 Å². The Labute approximate surface area is 151 Å². The Bertz CT molecular complexity index is 477. The third kappa shape index (κ3) is 6.72. The molecule has 1 atom stereocenters. The van der Waals surface area contributed by atoms with Crippen LogP contribution in [0.1, 0.15) is 53.4 Å². The highest BCUT2D eigenvalue weighted by Crippen LogP contribution is 2.28. The monoisotopic (exact) mass is 354 g/mol. The van der Waals surface area contributed by atoms with Crippen LogP contribution in [0.2, 0.25) is 0 Å². The van der Waals surface area contributed by atoms with Crippen molar-refractivity contribution in [2.24, 2.45) is 4.99 Å². The van der Waals surface area contributed by atoms with Gasteiger partial charge in [0.1, 0.15) is 5.60 Å². The summed E-state index contributed by atoms with van der Waals surface area (Å²) in [6, 6.07) is 0.317. The Morgan fingerprint density at radius 3 is 2.60 bits per heavy atom. The van der Waals surface area contributed by atoms with Crippen LogP contribution >= 0.6 is 0 Å². The minimum atomic E-state index is -0.466. The van der Waals surface area contributed by atoms with Crippen LogP contribution in [0.5, 0.6) is 0 Å². The van der Waals surface area contributed by atoms with Gasteiger partial charge in [0, 0.05) is 39.3 Å². The molecular formula is C18H34N4O3. The van der Waals surface area contributed by atoms with Crippen LogP contribution in [-0.2, 0) is 9.47 Å². The van der Waals surface area contributed by atoms with Gasteiger partial charge in [-0.05, 0) is 53.4 Å². The van der Waals surface area contributed by atoms with E-state index in [0.717, 1.165) is 44.8 Å². The number of ether oxygens (including phenoxy) is 2. The highest BCUT2D eigenvalue weighted by molar-refractivity contribution is 5.79. The lowest BCUT2D eigenvalue weighted by molar-refractivity contribution is 0.0237. The lowest BCUT2D eigenvalue weighted by Crippen LogP contribution is -2.48. The van der Waals surface area contributed by atoms with Gasteiger partial charge in [-0.3, -0.25) is 4.99 Å². The molecule has 144 valence electrons. The number of carbonyl (C=O) groups excluding carboxylic acids is 1. The molecule has 0 aromatic rings. The molecule has 1 unspecified atom stereocenters. The van der Waals surface area contributed by atoms with E-state index in [4.69, 9.17) is 9.47 Å². The Morgan fingerprint density at radius 2 is 2.08 bits per heavy atom. The summed E-state index contributed by atoms with van der Waals surface area (Å²) >= 11 is 0. The Morgan fingerprint density at radius 1 is 1.36 bits per heavy atom. The lowest BCUT2D eigenvalue weighted by Gasteiger charge is -2.28. The molecular weight excluding hydrogens is 320 g/mol. The quantitative estimate of drug-likeness (QED) is 0.564. The van der Waals surface area contributed by atoms with E-state index in [1.807, 2.05) is 25.7 Å². The predicted octanol–water partition coefficient (Wildman–Crippen LogP) is 2.12. The Hall–Kier alpha value is -1.50. The molecule has 7 nitrogen and oxygen atoms in total. The summed E-state index contributed by atoms with van der Waals surface area (Å²) in [4.78, 5) is 18.4. The van der Waals surface area contributed by atoms with Gasteiger partial charge in [-0.1, -0.05) is 0 Å². The van der Waals surface area contributed by atoms with Crippen LogP contribution in [0, 0.1) is 0 Å². The molecule has 1 saturated carbocycles. The number of aliphatic imine (C=N–C) groups is 1. The van der Waals surface area contributed by atoms with E-state index in [0.29, 0.717) is 19.1 Å². The maximum absolute atomic E-state index is 12.3. The number of amides is 1. The molecule has 7 heteroatoms. The third-order valence-corrected chi connectivity index (χ3v) is 4.41. The van der Waals surface area contributed by atoms with Crippen LogP contribution in [0.25, 0.3) is 0 Å². The predicted molar refractivity (Wildman–Crippen MR) is 98.9 cm³/mol. The molecule has 0 aromatic carbocycles. The summed E-state index contributed by atoms with van der Waals surface area (Å²) in [6.07, 6.45) is 4.05. The average Bonchev–Trinajstić information content (AvgIpc) is 3.26. The molecule has 0 spiro atoms. The van der Waals surface area contributed by atoms with E-state index in [1.165, 1.54) is 0 Å². The van der Waals surface area contributed by atoms with Crippen molar-refractivity contribution in [2.75, 3.05) is 33.3 Å². The maximum atomic E-state index is 12.3. The summed E-state index contributed by atoms with van der Waals surface area (Å²) in [6.45, 7) is 10.6. The molecule has 2 rings (SSSR count). The second-order valence-electron chi connectivity index (χ2n) is 8.16. The average molecular weight is 354 g/mol. The standard InChI is InChI=1S/C18H34N4O3/c1-17(2,3)25-16(23)22(14-7-8-14)11-10-20-15(19-5)21-13-18(4)9-6-12-24-18/h14H,6-13H2,1-5H3,(H2,19,20,21). The van der Waals surface area contributed by atoms with E-state index in [9.17, 15) is 4.79 Å². The smallest absolute Gasteiger partial charge is 0.410 e. The SMILES string of the molecule is CN=C(NCCN(C(=O)OC(C)(C)C)C1CC1)NCC1(C)CCCO1. The van der Waals surface area contributed by atoms with Crippen LogP contribution in [0.15, 0.2) is 4.99 Å². The van der Waals surface area contributed by atoms with Gasteiger partial charge < -0.3 is 25.0 Å². The minimum Gasteiger partial charge on any atom is -0.444 e. The molecule has 2 fully saturated rings. The number of hydrogen-bond donors (Lipinski definition) is 2. The number of guanidine groups is 1. The van der Waals surface area contributed by atoms with E-state index in [-0.39, 0.29) is 11.7 Å². The van der Waals surface area contributed by atoms with Gasteiger partial charge in [0.15, 0.2) is 5.96 Å². The lowest BCUT2D eigenvalue weighted by atomic mass is 10.0. The first-order valence-corrected chi connectivity index (χ1v) is 9.30. The maximum Gasteiger partial charge on any atom is 0.410 e.